The van der Waals surface area contributed by atoms with E-state index in [4.69, 9.17) is 10.7 Å². The number of hydrogen-bond donors (Lipinski definition) is 1. The molecule has 2 aromatic heterocycles. The molecule has 1 atom stereocenters. The molecule has 4 nitrogen and oxygen atoms in total. The predicted octanol–water partition coefficient (Wildman–Crippen LogP) is 2.99. The smallest absolute Gasteiger partial charge is 0.160 e. The molecule has 0 radical (unpaired) electrons. The van der Waals surface area contributed by atoms with E-state index < -0.39 is 5.54 Å². The van der Waals surface area contributed by atoms with Crippen molar-refractivity contribution in [3.8, 4) is 0 Å². The van der Waals surface area contributed by atoms with E-state index in [1.165, 1.54) is 12.8 Å². The van der Waals surface area contributed by atoms with Gasteiger partial charge in [-0.3, -0.25) is 0 Å². The number of nitrogens with two attached hydrogens (primary N) is 1. The fraction of sp³-hybridized carbons (Fsp3) is 0.294. The number of aromatic nitrogens is 3. The molecule has 0 amide bonds. The van der Waals surface area contributed by atoms with Gasteiger partial charge in [-0.25, -0.2) is 9.97 Å². The first-order chi connectivity index (χ1) is 10.2. The first-order valence-electron chi connectivity index (χ1n) is 7.36. The Morgan fingerprint density at radius 2 is 1.90 bits per heavy atom. The molecular formula is C17H18N4. The molecule has 21 heavy (non-hydrogen) atoms. The van der Waals surface area contributed by atoms with Gasteiger partial charge >= 0.3 is 0 Å². The maximum absolute atomic E-state index is 6.68. The molecule has 3 aromatic rings. The summed E-state index contributed by atoms with van der Waals surface area (Å²) in [6, 6.07) is 14.6. The Morgan fingerprint density at radius 1 is 1.14 bits per heavy atom. The highest BCUT2D eigenvalue weighted by molar-refractivity contribution is 5.72. The van der Waals surface area contributed by atoms with Crippen LogP contribution in [0.15, 0.2) is 48.7 Å². The number of imidazole rings is 1. The second kappa shape index (κ2) is 4.40. The lowest BCUT2D eigenvalue weighted by Gasteiger charge is -2.25. The lowest BCUT2D eigenvalue weighted by atomic mass is 9.92. The molecule has 2 heterocycles. The zero-order valence-electron chi connectivity index (χ0n) is 12.0. The second-order valence-corrected chi connectivity index (χ2v) is 5.95. The van der Waals surface area contributed by atoms with Gasteiger partial charge in [-0.15, -0.1) is 0 Å². The van der Waals surface area contributed by atoms with E-state index >= 15 is 0 Å². The van der Waals surface area contributed by atoms with Crippen molar-refractivity contribution in [2.75, 3.05) is 0 Å². The standard InChI is InChI=1S/C17H18N4/c1-17(18,12-6-3-2-4-7-12)16-20-14-8-5-11-19-15(14)21(16)13-9-10-13/h2-8,11,13H,9-10,18H2,1H3. The van der Waals surface area contributed by atoms with Crippen molar-refractivity contribution in [3.63, 3.8) is 0 Å². The van der Waals surface area contributed by atoms with Gasteiger partial charge in [0.2, 0.25) is 0 Å². The van der Waals surface area contributed by atoms with Crippen molar-refractivity contribution in [1.82, 2.24) is 14.5 Å². The molecule has 4 rings (SSSR count). The Labute approximate surface area is 123 Å². The SMILES string of the molecule is CC(N)(c1ccccc1)c1nc2cccnc2n1C1CC1. The Hall–Kier alpha value is -2.20. The average molecular weight is 278 g/mol. The molecule has 1 fully saturated rings. The van der Waals surface area contributed by atoms with Crippen LogP contribution in [0.5, 0.6) is 0 Å². The molecule has 1 unspecified atom stereocenters. The number of fused-ring (bicyclic) bond motifs is 1. The minimum atomic E-state index is -0.620. The highest BCUT2D eigenvalue weighted by Crippen LogP contribution is 2.41. The number of pyridine rings is 1. The van der Waals surface area contributed by atoms with Crippen molar-refractivity contribution >= 4 is 11.2 Å². The van der Waals surface area contributed by atoms with E-state index in [0.717, 1.165) is 22.6 Å². The van der Waals surface area contributed by atoms with Gasteiger partial charge < -0.3 is 10.3 Å². The number of rotatable bonds is 3. The van der Waals surface area contributed by atoms with Gasteiger partial charge in [-0.1, -0.05) is 30.3 Å². The topological polar surface area (TPSA) is 56.7 Å². The third kappa shape index (κ3) is 1.94. The van der Waals surface area contributed by atoms with E-state index in [2.05, 4.69) is 21.7 Å². The van der Waals surface area contributed by atoms with E-state index in [0.29, 0.717) is 6.04 Å². The van der Waals surface area contributed by atoms with Crippen LogP contribution in [-0.2, 0) is 5.54 Å². The lowest BCUT2D eigenvalue weighted by molar-refractivity contribution is 0.517. The second-order valence-electron chi connectivity index (χ2n) is 5.95. The molecule has 0 spiro atoms. The van der Waals surface area contributed by atoms with E-state index in [-0.39, 0.29) is 0 Å². The molecule has 2 N–H and O–H groups in total. The van der Waals surface area contributed by atoms with Crippen LogP contribution in [0.1, 0.15) is 37.2 Å². The van der Waals surface area contributed by atoms with Crippen LogP contribution in [0.25, 0.3) is 11.2 Å². The van der Waals surface area contributed by atoms with Gasteiger partial charge in [0.15, 0.2) is 5.65 Å². The highest BCUT2D eigenvalue weighted by Gasteiger charge is 2.36. The van der Waals surface area contributed by atoms with Gasteiger partial charge in [0.1, 0.15) is 11.3 Å². The van der Waals surface area contributed by atoms with Gasteiger partial charge in [-0.2, -0.15) is 0 Å². The molecule has 0 saturated heterocycles. The zero-order chi connectivity index (χ0) is 14.4. The van der Waals surface area contributed by atoms with Gasteiger partial charge in [0.25, 0.3) is 0 Å². The maximum atomic E-state index is 6.68. The summed E-state index contributed by atoms with van der Waals surface area (Å²) in [7, 11) is 0. The van der Waals surface area contributed by atoms with Crippen molar-refractivity contribution in [2.45, 2.75) is 31.3 Å². The molecule has 0 bridgehead atoms. The Morgan fingerprint density at radius 3 is 2.62 bits per heavy atom. The quantitative estimate of drug-likeness (QED) is 0.801. The molecular weight excluding hydrogens is 260 g/mol. The van der Waals surface area contributed by atoms with Gasteiger partial charge in [0.05, 0.1) is 5.54 Å². The van der Waals surface area contributed by atoms with Crippen LogP contribution < -0.4 is 5.73 Å². The van der Waals surface area contributed by atoms with Gasteiger partial charge in [-0.05, 0) is 37.5 Å². The normalized spacial score (nSPS) is 17.8. The number of benzene rings is 1. The summed E-state index contributed by atoms with van der Waals surface area (Å²) in [5, 5.41) is 0. The maximum Gasteiger partial charge on any atom is 0.160 e. The predicted molar refractivity (Wildman–Crippen MR) is 82.9 cm³/mol. The summed E-state index contributed by atoms with van der Waals surface area (Å²) in [5.41, 5.74) is 9.00. The molecule has 1 aliphatic rings. The summed E-state index contributed by atoms with van der Waals surface area (Å²) in [6.45, 7) is 2.03. The van der Waals surface area contributed by atoms with Crippen LogP contribution in [0.4, 0.5) is 0 Å². The Bertz CT molecular complexity index is 785. The molecule has 0 aliphatic heterocycles. The summed E-state index contributed by atoms with van der Waals surface area (Å²) in [4.78, 5) is 9.31. The summed E-state index contributed by atoms with van der Waals surface area (Å²) in [6.07, 6.45) is 4.18. The Balaban J connectivity index is 1.95. The molecule has 1 aliphatic carbocycles. The third-order valence-electron chi connectivity index (χ3n) is 4.20. The fourth-order valence-electron chi connectivity index (χ4n) is 2.89. The fourth-order valence-corrected chi connectivity index (χ4v) is 2.89. The van der Waals surface area contributed by atoms with Crippen molar-refractivity contribution in [3.05, 3.63) is 60.0 Å². The molecule has 1 saturated carbocycles. The van der Waals surface area contributed by atoms with Crippen molar-refractivity contribution < 1.29 is 0 Å². The summed E-state index contributed by atoms with van der Waals surface area (Å²) in [5.74, 6) is 0.907. The van der Waals surface area contributed by atoms with Crippen LogP contribution in [0.2, 0.25) is 0 Å². The highest BCUT2D eigenvalue weighted by atomic mass is 15.2. The number of hydrogen-bond acceptors (Lipinski definition) is 3. The number of nitrogens with zero attached hydrogens (tertiary/aromatic N) is 3. The largest absolute Gasteiger partial charge is 0.315 e. The zero-order valence-corrected chi connectivity index (χ0v) is 12.0. The lowest BCUT2D eigenvalue weighted by Crippen LogP contribution is -2.37. The minimum absolute atomic E-state index is 0.492. The van der Waals surface area contributed by atoms with E-state index in [9.17, 15) is 0 Å². The van der Waals surface area contributed by atoms with Crippen LogP contribution >= 0.6 is 0 Å². The van der Waals surface area contributed by atoms with Crippen LogP contribution in [0, 0.1) is 0 Å². The molecule has 1 aromatic carbocycles. The first kappa shape index (κ1) is 12.5. The molecule has 4 heteroatoms. The first-order valence-corrected chi connectivity index (χ1v) is 7.36. The van der Waals surface area contributed by atoms with Gasteiger partial charge in [0, 0.05) is 12.2 Å². The van der Waals surface area contributed by atoms with Crippen LogP contribution in [-0.4, -0.2) is 14.5 Å². The van der Waals surface area contributed by atoms with E-state index in [1.807, 2.05) is 43.5 Å². The monoisotopic (exact) mass is 278 g/mol. The van der Waals surface area contributed by atoms with E-state index in [1.54, 1.807) is 0 Å². The summed E-state index contributed by atoms with van der Waals surface area (Å²) >= 11 is 0. The van der Waals surface area contributed by atoms with Crippen molar-refractivity contribution in [2.24, 2.45) is 5.73 Å². The van der Waals surface area contributed by atoms with Crippen LogP contribution in [0.3, 0.4) is 0 Å². The summed E-state index contributed by atoms with van der Waals surface area (Å²) < 4.78 is 2.24. The molecule has 106 valence electrons. The Kier molecular flexibility index (Phi) is 2.62. The third-order valence-corrected chi connectivity index (χ3v) is 4.20. The van der Waals surface area contributed by atoms with Crippen molar-refractivity contribution in [1.29, 1.82) is 0 Å². The average Bonchev–Trinajstić information content (AvgIpc) is 3.27. The minimum Gasteiger partial charge on any atom is -0.315 e.